The van der Waals surface area contributed by atoms with Crippen LogP contribution in [0.1, 0.15) is 13.8 Å². The lowest BCUT2D eigenvalue weighted by Gasteiger charge is -2.07. The summed E-state index contributed by atoms with van der Waals surface area (Å²) in [4.78, 5) is 17.2. The number of nitrogens with two attached hydrogens (primary N) is 1. The summed E-state index contributed by atoms with van der Waals surface area (Å²) in [5.41, 5.74) is 4.98. The molecule has 0 spiro atoms. The molecule has 0 bridgehead atoms. The third-order valence-corrected chi connectivity index (χ3v) is 1.55. The predicted molar refractivity (Wildman–Crippen MR) is 53.4 cm³/mol. The third kappa shape index (κ3) is 2.76. The van der Waals surface area contributed by atoms with Gasteiger partial charge < -0.3 is 10.5 Å². The van der Waals surface area contributed by atoms with E-state index in [1.54, 1.807) is 0 Å². The summed E-state index contributed by atoms with van der Waals surface area (Å²) in [5, 5.41) is 10.7. The summed E-state index contributed by atoms with van der Waals surface area (Å²) < 4.78 is 5.17. The molecular weight excluding hydrogens is 200 g/mol. The van der Waals surface area contributed by atoms with Gasteiger partial charge in [0.15, 0.2) is 0 Å². The highest BCUT2D eigenvalue weighted by Gasteiger charge is 2.22. The first-order valence-corrected chi connectivity index (χ1v) is 4.40. The van der Waals surface area contributed by atoms with Crippen molar-refractivity contribution in [3.63, 3.8) is 0 Å². The van der Waals surface area contributed by atoms with Crippen LogP contribution in [-0.2, 0) is 0 Å². The van der Waals surface area contributed by atoms with Gasteiger partial charge in [0, 0.05) is 0 Å². The smallest absolute Gasteiger partial charge is 0.372 e. The van der Waals surface area contributed by atoms with Gasteiger partial charge in [-0.25, -0.2) is 4.98 Å². The maximum Gasteiger partial charge on any atom is 0.372 e. The molecule has 0 amide bonds. The lowest BCUT2D eigenvalue weighted by molar-refractivity contribution is -0.385. The van der Waals surface area contributed by atoms with Gasteiger partial charge in [0.2, 0.25) is 5.82 Å². The van der Waals surface area contributed by atoms with Gasteiger partial charge in [0.05, 0.1) is 11.5 Å². The second-order valence-corrected chi connectivity index (χ2v) is 3.37. The minimum atomic E-state index is -0.648. The molecule has 0 fully saturated rings. The molecule has 1 heterocycles. The Hall–Kier alpha value is -1.92. The van der Waals surface area contributed by atoms with Crippen molar-refractivity contribution < 1.29 is 9.66 Å². The van der Waals surface area contributed by atoms with Crippen LogP contribution in [0.2, 0.25) is 0 Å². The summed E-state index contributed by atoms with van der Waals surface area (Å²) in [7, 11) is 0. The zero-order valence-corrected chi connectivity index (χ0v) is 8.51. The molecule has 82 valence electrons. The fourth-order valence-corrected chi connectivity index (χ4v) is 0.898. The summed E-state index contributed by atoms with van der Waals surface area (Å²) in [5.74, 6) is -0.0178. The number of aromatic nitrogens is 2. The van der Waals surface area contributed by atoms with Crippen molar-refractivity contribution in [1.29, 1.82) is 0 Å². The van der Waals surface area contributed by atoms with Crippen molar-refractivity contribution in [2.75, 3.05) is 12.3 Å². The molecule has 15 heavy (non-hydrogen) atoms. The molecule has 0 aromatic carbocycles. The van der Waals surface area contributed by atoms with Gasteiger partial charge in [-0.3, -0.25) is 10.1 Å². The number of nitrogens with zero attached hydrogens (tertiary/aromatic N) is 3. The van der Waals surface area contributed by atoms with Gasteiger partial charge in [-0.15, -0.1) is 0 Å². The first-order valence-electron chi connectivity index (χ1n) is 4.40. The van der Waals surface area contributed by atoms with E-state index in [0.717, 1.165) is 6.33 Å². The Balaban J connectivity index is 2.96. The molecule has 0 aliphatic carbocycles. The standard InChI is InChI=1S/C8H12N4O3/c1-5(2)3-15-8-6(12(13)14)7(9)10-4-11-8/h4-5H,3H2,1-2H3,(H2,9,10,11). The summed E-state index contributed by atoms with van der Waals surface area (Å²) in [6, 6.07) is 0. The second-order valence-electron chi connectivity index (χ2n) is 3.37. The van der Waals surface area contributed by atoms with Crippen molar-refractivity contribution in [3.05, 3.63) is 16.4 Å². The molecule has 2 N–H and O–H groups in total. The van der Waals surface area contributed by atoms with Gasteiger partial charge >= 0.3 is 5.69 Å². The van der Waals surface area contributed by atoms with Crippen LogP contribution in [0.5, 0.6) is 5.88 Å². The largest absolute Gasteiger partial charge is 0.472 e. The van der Waals surface area contributed by atoms with Gasteiger partial charge in [-0.05, 0) is 5.92 Å². The van der Waals surface area contributed by atoms with E-state index < -0.39 is 4.92 Å². The summed E-state index contributed by atoms with van der Waals surface area (Å²) >= 11 is 0. The van der Waals surface area contributed by atoms with Crippen molar-refractivity contribution in [2.45, 2.75) is 13.8 Å². The summed E-state index contributed by atoms with van der Waals surface area (Å²) in [6.45, 7) is 4.20. The Morgan fingerprint density at radius 2 is 2.27 bits per heavy atom. The highest BCUT2D eigenvalue weighted by atomic mass is 16.6. The van der Waals surface area contributed by atoms with E-state index in [4.69, 9.17) is 10.5 Å². The Morgan fingerprint density at radius 3 is 2.80 bits per heavy atom. The van der Waals surface area contributed by atoms with Crippen LogP contribution in [0.15, 0.2) is 6.33 Å². The molecule has 1 aromatic rings. The minimum Gasteiger partial charge on any atom is -0.472 e. The third-order valence-electron chi connectivity index (χ3n) is 1.55. The molecule has 1 rings (SSSR count). The Kier molecular flexibility index (Phi) is 3.37. The fourth-order valence-electron chi connectivity index (χ4n) is 0.898. The maximum absolute atomic E-state index is 10.7. The van der Waals surface area contributed by atoms with E-state index in [-0.39, 0.29) is 23.3 Å². The lowest BCUT2D eigenvalue weighted by atomic mass is 10.2. The van der Waals surface area contributed by atoms with Crippen LogP contribution in [0.3, 0.4) is 0 Å². The van der Waals surface area contributed by atoms with E-state index in [2.05, 4.69) is 9.97 Å². The van der Waals surface area contributed by atoms with Gasteiger partial charge in [0.25, 0.3) is 5.88 Å². The highest BCUT2D eigenvalue weighted by Crippen LogP contribution is 2.28. The SMILES string of the molecule is CC(C)COc1ncnc(N)c1[N+](=O)[O-]. The van der Waals surface area contributed by atoms with Crippen molar-refractivity contribution in [3.8, 4) is 5.88 Å². The summed E-state index contributed by atoms with van der Waals surface area (Å²) in [6.07, 6.45) is 1.14. The lowest BCUT2D eigenvalue weighted by Crippen LogP contribution is -2.09. The molecule has 0 saturated heterocycles. The van der Waals surface area contributed by atoms with Crippen LogP contribution in [0.25, 0.3) is 0 Å². The Morgan fingerprint density at radius 1 is 1.60 bits per heavy atom. The monoisotopic (exact) mass is 212 g/mol. The van der Waals surface area contributed by atoms with E-state index >= 15 is 0 Å². The van der Waals surface area contributed by atoms with Crippen molar-refractivity contribution in [2.24, 2.45) is 5.92 Å². The van der Waals surface area contributed by atoms with Crippen LogP contribution in [0.4, 0.5) is 11.5 Å². The molecule has 0 atom stereocenters. The van der Waals surface area contributed by atoms with E-state index in [0.29, 0.717) is 6.61 Å². The average Bonchev–Trinajstić information content (AvgIpc) is 2.13. The minimum absolute atomic E-state index is 0.0822. The zero-order chi connectivity index (χ0) is 11.4. The van der Waals surface area contributed by atoms with Gasteiger partial charge in [0.1, 0.15) is 6.33 Å². The molecule has 1 aromatic heterocycles. The molecule has 0 aliphatic rings. The number of anilines is 1. The van der Waals surface area contributed by atoms with Crippen molar-refractivity contribution in [1.82, 2.24) is 9.97 Å². The van der Waals surface area contributed by atoms with Crippen molar-refractivity contribution >= 4 is 11.5 Å². The van der Waals surface area contributed by atoms with Gasteiger partial charge in [-0.2, -0.15) is 4.98 Å². The predicted octanol–water partition coefficient (Wildman–Crippen LogP) is 1.00. The molecule has 0 aliphatic heterocycles. The second kappa shape index (κ2) is 4.54. The molecule has 7 heteroatoms. The molecule has 7 nitrogen and oxygen atoms in total. The number of ether oxygens (including phenoxy) is 1. The highest BCUT2D eigenvalue weighted by molar-refractivity contribution is 5.57. The number of rotatable bonds is 4. The number of hydrogen-bond acceptors (Lipinski definition) is 6. The Labute approximate surface area is 86.4 Å². The quantitative estimate of drug-likeness (QED) is 0.589. The van der Waals surface area contributed by atoms with Crippen LogP contribution < -0.4 is 10.5 Å². The number of nitro groups is 1. The molecular formula is C8H12N4O3. The molecule has 0 unspecified atom stereocenters. The van der Waals surface area contributed by atoms with E-state index in [9.17, 15) is 10.1 Å². The van der Waals surface area contributed by atoms with Crippen LogP contribution >= 0.6 is 0 Å². The normalized spacial score (nSPS) is 10.3. The Bertz CT molecular complexity index is 367. The van der Waals surface area contributed by atoms with Gasteiger partial charge in [-0.1, -0.05) is 13.8 Å². The van der Waals surface area contributed by atoms with Crippen LogP contribution in [-0.4, -0.2) is 21.5 Å². The zero-order valence-electron chi connectivity index (χ0n) is 8.51. The number of hydrogen-bond donors (Lipinski definition) is 1. The maximum atomic E-state index is 10.7. The first-order chi connectivity index (χ1) is 7.02. The fraction of sp³-hybridized carbons (Fsp3) is 0.500. The average molecular weight is 212 g/mol. The number of nitrogen functional groups attached to an aromatic ring is 1. The van der Waals surface area contributed by atoms with E-state index in [1.165, 1.54) is 0 Å². The van der Waals surface area contributed by atoms with E-state index in [1.807, 2.05) is 13.8 Å². The van der Waals surface area contributed by atoms with Crippen LogP contribution in [0, 0.1) is 16.0 Å². The molecule has 0 saturated carbocycles. The first kappa shape index (κ1) is 11.2. The molecule has 0 radical (unpaired) electrons. The topological polar surface area (TPSA) is 104 Å².